The monoisotopic (exact) mass is 589 g/mol. The van der Waals surface area contributed by atoms with Crippen LogP contribution in [0.25, 0.3) is 0 Å². The average Bonchev–Trinajstić information content (AvgIpc) is 3.45. The molecule has 0 spiro atoms. The molecule has 15 heteroatoms. The molecule has 0 aliphatic rings. The number of rotatable bonds is 18. The number of carbonyl (C=O) groups is 4. The number of amides is 3. The van der Waals surface area contributed by atoms with Crippen molar-refractivity contribution in [1.29, 1.82) is 0 Å². The summed E-state index contributed by atoms with van der Waals surface area (Å²) in [4.78, 5) is 62.1. The minimum Gasteiger partial charge on any atom is -0.480 e. The third-order valence-corrected chi connectivity index (χ3v) is 6.70. The lowest BCUT2D eigenvalue weighted by atomic mass is 10.0. The zero-order valence-electron chi connectivity index (χ0n) is 22.9. The van der Waals surface area contributed by atoms with Gasteiger partial charge in [0.2, 0.25) is 17.7 Å². The highest BCUT2D eigenvalue weighted by molar-refractivity contribution is 7.98. The predicted octanol–water partition coefficient (Wildman–Crippen LogP) is -1.13. The van der Waals surface area contributed by atoms with Crippen LogP contribution in [0.5, 0.6) is 0 Å². The second kappa shape index (κ2) is 17.6. The van der Waals surface area contributed by atoms with Gasteiger partial charge >= 0.3 is 5.97 Å². The van der Waals surface area contributed by atoms with Gasteiger partial charge in [0.05, 0.1) is 12.4 Å². The molecule has 41 heavy (non-hydrogen) atoms. The van der Waals surface area contributed by atoms with Gasteiger partial charge in [-0.1, -0.05) is 30.3 Å². The number of hydrogen-bond acceptors (Lipinski definition) is 8. The van der Waals surface area contributed by atoms with E-state index >= 15 is 0 Å². The van der Waals surface area contributed by atoms with Crippen LogP contribution in [0.3, 0.4) is 0 Å². The third-order valence-electron chi connectivity index (χ3n) is 6.06. The van der Waals surface area contributed by atoms with E-state index in [2.05, 4.69) is 30.9 Å². The number of guanidine groups is 1. The lowest BCUT2D eigenvalue weighted by Gasteiger charge is -2.25. The minimum absolute atomic E-state index is 0.0451. The molecule has 1 aromatic carbocycles. The topological polar surface area (TPSA) is 244 Å². The molecule has 224 valence electrons. The number of aromatic amines is 1. The summed E-state index contributed by atoms with van der Waals surface area (Å²) >= 11 is 1.46. The number of thioether (sulfide) groups is 1. The molecule has 1 aromatic heterocycles. The summed E-state index contributed by atoms with van der Waals surface area (Å²) in [7, 11) is 0. The van der Waals surface area contributed by atoms with Crippen LogP contribution in [0.4, 0.5) is 0 Å². The lowest BCUT2D eigenvalue weighted by Crippen LogP contribution is -2.58. The second-order valence-electron chi connectivity index (χ2n) is 9.33. The van der Waals surface area contributed by atoms with Crippen molar-refractivity contribution in [2.24, 2.45) is 22.2 Å². The standard InChI is InChI=1S/C26H39N9O5S/c1-41-11-9-19(25(39)40)33-23(37)20(12-16-6-3-2-4-7-16)35-24(38)21(13-17-14-30-15-32-17)34-22(36)18(27)8-5-10-31-26(28)29/h2-4,6-7,14-15,18-21H,5,8-13,27H2,1H3,(H,30,32)(H,33,37)(H,34,36)(H,35,38)(H,39,40)(H4,28,29,31). The van der Waals surface area contributed by atoms with Crippen LogP contribution in [0.1, 0.15) is 30.5 Å². The first-order valence-electron chi connectivity index (χ1n) is 13.1. The molecule has 4 unspecified atom stereocenters. The molecule has 1 heterocycles. The number of carboxylic acids is 1. The predicted molar refractivity (Wildman–Crippen MR) is 157 cm³/mol. The number of nitrogens with two attached hydrogens (primary N) is 3. The minimum atomic E-state index is -1.17. The van der Waals surface area contributed by atoms with Crippen LogP contribution >= 0.6 is 11.8 Å². The van der Waals surface area contributed by atoms with E-state index in [1.165, 1.54) is 24.3 Å². The van der Waals surface area contributed by atoms with Crippen LogP contribution in [-0.4, -0.2) is 87.4 Å². The molecule has 0 fully saturated rings. The van der Waals surface area contributed by atoms with E-state index < -0.39 is 47.9 Å². The van der Waals surface area contributed by atoms with Crippen LogP contribution in [-0.2, 0) is 32.0 Å². The van der Waals surface area contributed by atoms with Crippen molar-refractivity contribution in [3.05, 3.63) is 54.1 Å². The van der Waals surface area contributed by atoms with Crippen LogP contribution in [0.2, 0.25) is 0 Å². The summed E-state index contributed by atoms with van der Waals surface area (Å²) in [5.74, 6) is -2.58. The Morgan fingerprint density at radius 3 is 2.20 bits per heavy atom. The second-order valence-corrected chi connectivity index (χ2v) is 10.3. The maximum Gasteiger partial charge on any atom is 0.326 e. The Bertz CT molecular complexity index is 1140. The summed E-state index contributed by atoms with van der Waals surface area (Å²) < 4.78 is 0. The maximum atomic E-state index is 13.5. The average molecular weight is 590 g/mol. The zero-order chi connectivity index (χ0) is 30.2. The highest BCUT2D eigenvalue weighted by atomic mass is 32.2. The smallest absolute Gasteiger partial charge is 0.326 e. The van der Waals surface area contributed by atoms with Crippen LogP contribution in [0, 0.1) is 0 Å². The Balaban J connectivity index is 2.20. The summed E-state index contributed by atoms with van der Waals surface area (Å²) in [6.45, 7) is 0.298. The van der Waals surface area contributed by atoms with Gasteiger partial charge in [0, 0.05) is 31.3 Å². The van der Waals surface area contributed by atoms with E-state index in [0.717, 1.165) is 5.56 Å². The van der Waals surface area contributed by atoms with E-state index in [1.54, 1.807) is 24.3 Å². The first-order valence-corrected chi connectivity index (χ1v) is 14.4. The van der Waals surface area contributed by atoms with Crippen molar-refractivity contribution >= 4 is 41.4 Å². The van der Waals surface area contributed by atoms with E-state index in [-0.39, 0.29) is 31.6 Å². The van der Waals surface area contributed by atoms with Crippen LogP contribution in [0.15, 0.2) is 47.8 Å². The number of aromatic nitrogens is 2. The molecule has 0 aliphatic heterocycles. The molecular formula is C26H39N9O5S. The highest BCUT2D eigenvalue weighted by Gasteiger charge is 2.30. The molecule has 0 saturated heterocycles. The number of hydrogen-bond donors (Lipinski definition) is 8. The molecule has 0 aliphatic carbocycles. The zero-order valence-corrected chi connectivity index (χ0v) is 23.7. The van der Waals surface area contributed by atoms with Gasteiger partial charge in [0.25, 0.3) is 0 Å². The van der Waals surface area contributed by atoms with Gasteiger partial charge in [0.15, 0.2) is 5.96 Å². The molecular weight excluding hydrogens is 550 g/mol. The van der Waals surface area contributed by atoms with E-state index in [4.69, 9.17) is 17.2 Å². The van der Waals surface area contributed by atoms with Gasteiger partial charge < -0.3 is 43.2 Å². The molecule has 2 rings (SSSR count). The number of imidazole rings is 1. The summed E-state index contributed by atoms with van der Waals surface area (Å²) in [6, 6.07) is 4.71. The molecule has 11 N–H and O–H groups in total. The number of nitrogens with zero attached hydrogens (tertiary/aromatic N) is 2. The normalized spacial score (nSPS) is 13.7. The SMILES string of the molecule is CSCCC(NC(=O)C(Cc1ccccc1)NC(=O)C(Cc1cnc[nH]1)NC(=O)C(N)CCCN=C(N)N)C(=O)O. The molecule has 4 atom stereocenters. The summed E-state index contributed by atoms with van der Waals surface area (Å²) in [6.07, 6.45) is 5.87. The number of carbonyl (C=O) groups excluding carboxylic acids is 3. The third kappa shape index (κ3) is 12.3. The van der Waals surface area contributed by atoms with Gasteiger partial charge in [-0.3, -0.25) is 19.4 Å². The number of H-pyrrole nitrogens is 1. The van der Waals surface area contributed by atoms with E-state index in [0.29, 0.717) is 24.4 Å². The van der Waals surface area contributed by atoms with Crippen molar-refractivity contribution < 1.29 is 24.3 Å². The first kappa shape index (κ1) is 33.1. The Hall–Kier alpha value is -4.11. The Morgan fingerprint density at radius 2 is 1.61 bits per heavy atom. The van der Waals surface area contributed by atoms with Crippen molar-refractivity contribution in [3.8, 4) is 0 Å². The quantitative estimate of drug-likeness (QED) is 0.0590. The number of aliphatic carboxylic acids is 1. The van der Waals surface area contributed by atoms with E-state index in [9.17, 15) is 24.3 Å². The maximum absolute atomic E-state index is 13.5. The number of nitrogens with one attached hydrogen (secondary N) is 4. The molecule has 0 bridgehead atoms. The largest absolute Gasteiger partial charge is 0.480 e. The van der Waals surface area contributed by atoms with Gasteiger partial charge in [-0.05, 0) is 36.8 Å². The molecule has 0 saturated carbocycles. The highest BCUT2D eigenvalue weighted by Crippen LogP contribution is 2.08. The Kier molecular flexibility index (Phi) is 14.2. The summed E-state index contributed by atoms with van der Waals surface area (Å²) in [5, 5.41) is 17.5. The lowest BCUT2D eigenvalue weighted by molar-refractivity contribution is -0.142. The number of carboxylic acid groups (broad SMARTS) is 1. The molecule has 3 amide bonds. The molecule has 14 nitrogen and oxygen atoms in total. The first-order chi connectivity index (χ1) is 19.6. The Morgan fingerprint density at radius 1 is 0.976 bits per heavy atom. The summed E-state index contributed by atoms with van der Waals surface area (Å²) in [5.41, 5.74) is 18.0. The van der Waals surface area contributed by atoms with Crippen molar-refractivity contribution in [3.63, 3.8) is 0 Å². The van der Waals surface area contributed by atoms with Gasteiger partial charge in [-0.25, -0.2) is 9.78 Å². The van der Waals surface area contributed by atoms with Crippen molar-refractivity contribution in [2.75, 3.05) is 18.6 Å². The van der Waals surface area contributed by atoms with Crippen molar-refractivity contribution in [2.45, 2.75) is 56.3 Å². The fourth-order valence-corrected chi connectivity index (χ4v) is 4.32. The van der Waals surface area contributed by atoms with Crippen LogP contribution < -0.4 is 33.2 Å². The van der Waals surface area contributed by atoms with E-state index in [1.807, 2.05) is 12.3 Å². The van der Waals surface area contributed by atoms with Gasteiger partial charge in [-0.15, -0.1) is 0 Å². The van der Waals surface area contributed by atoms with Gasteiger partial charge in [-0.2, -0.15) is 11.8 Å². The Labute approximate surface area is 242 Å². The molecule has 2 aromatic rings. The van der Waals surface area contributed by atoms with Crippen molar-refractivity contribution in [1.82, 2.24) is 25.9 Å². The number of aliphatic imine (C=N–C) groups is 1. The fraction of sp³-hybridized carbons (Fsp3) is 0.462. The fourth-order valence-electron chi connectivity index (χ4n) is 3.85. The van der Waals surface area contributed by atoms with Gasteiger partial charge in [0.1, 0.15) is 18.1 Å². The number of benzene rings is 1. The molecule has 0 radical (unpaired) electrons.